The van der Waals surface area contributed by atoms with Gasteiger partial charge in [0.05, 0.1) is 0 Å². The lowest BCUT2D eigenvalue weighted by Crippen LogP contribution is -2.11. The van der Waals surface area contributed by atoms with Crippen LogP contribution in [0.5, 0.6) is 0 Å². The number of rotatable bonds is 3. The third-order valence-corrected chi connectivity index (χ3v) is 3.23. The first-order chi connectivity index (χ1) is 7.75. The lowest BCUT2D eigenvalue weighted by atomic mass is 10.3. The van der Waals surface area contributed by atoms with Gasteiger partial charge in [-0.1, -0.05) is 11.6 Å². The first-order valence-electron chi connectivity index (χ1n) is 5.35. The van der Waals surface area contributed by atoms with Gasteiger partial charge in [-0.15, -0.1) is 0 Å². The summed E-state index contributed by atoms with van der Waals surface area (Å²) in [7, 11) is 0. The monoisotopic (exact) mass is 237 g/mol. The van der Waals surface area contributed by atoms with E-state index in [2.05, 4.69) is 20.4 Å². The maximum Gasteiger partial charge on any atom is 0.255 e. The van der Waals surface area contributed by atoms with E-state index in [-0.39, 0.29) is 0 Å². The number of nitrogens with one attached hydrogen (secondary N) is 1. The summed E-state index contributed by atoms with van der Waals surface area (Å²) in [5.74, 6) is 2.23. The van der Waals surface area contributed by atoms with Crippen molar-refractivity contribution in [3.05, 3.63) is 17.0 Å². The van der Waals surface area contributed by atoms with Crippen molar-refractivity contribution in [2.75, 3.05) is 11.9 Å². The van der Waals surface area contributed by atoms with Gasteiger partial charge in [0.15, 0.2) is 0 Å². The maximum absolute atomic E-state index is 6.05. The molecule has 0 saturated heterocycles. The SMILES string of the molecule is Cc1c(Cl)nc2ncnn2c1NCC1CC1. The van der Waals surface area contributed by atoms with E-state index < -0.39 is 0 Å². The summed E-state index contributed by atoms with van der Waals surface area (Å²) in [5, 5.41) is 8.01. The Hall–Kier alpha value is -1.36. The predicted octanol–water partition coefficient (Wildman–Crippen LogP) is 1.91. The van der Waals surface area contributed by atoms with Crippen LogP contribution in [0.15, 0.2) is 6.33 Å². The second kappa shape index (κ2) is 3.59. The lowest BCUT2D eigenvalue weighted by molar-refractivity contribution is 0.851. The number of fused-ring (bicyclic) bond motifs is 1. The Morgan fingerprint density at radius 2 is 2.38 bits per heavy atom. The maximum atomic E-state index is 6.05. The predicted molar refractivity (Wildman–Crippen MR) is 61.7 cm³/mol. The summed E-state index contributed by atoms with van der Waals surface area (Å²) in [6.45, 7) is 2.90. The van der Waals surface area contributed by atoms with Crippen molar-refractivity contribution in [1.82, 2.24) is 19.6 Å². The van der Waals surface area contributed by atoms with Crippen LogP contribution in [0.1, 0.15) is 18.4 Å². The van der Waals surface area contributed by atoms with E-state index in [1.54, 1.807) is 4.52 Å². The fourth-order valence-electron chi connectivity index (χ4n) is 1.67. The van der Waals surface area contributed by atoms with Crippen molar-refractivity contribution in [3.63, 3.8) is 0 Å². The van der Waals surface area contributed by atoms with E-state index in [9.17, 15) is 0 Å². The van der Waals surface area contributed by atoms with Crippen molar-refractivity contribution in [3.8, 4) is 0 Å². The number of aromatic nitrogens is 4. The molecule has 0 atom stereocenters. The van der Waals surface area contributed by atoms with E-state index in [1.165, 1.54) is 19.2 Å². The van der Waals surface area contributed by atoms with Crippen molar-refractivity contribution in [1.29, 1.82) is 0 Å². The van der Waals surface area contributed by atoms with Gasteiger partial charge >= 0.3 is 0 Å². The molecule has 2 aromatic heterocycles. The molecule has 2 aromatic rings. The molecule has 1 N–H and O–H groups in total. The molecule has 0 spiro atoms. The Balaban J connectivity index is 2.03. The Morgan fingerprint density at radius 1 is 1.56 bits per heavy atom. The summed E-state index contributed by atoms with van der Waals surface area (Å²) >= 11 is 6.05. The van der Waals surface area contributed by atoms with E-state index in [1.807, 2.05) is 6.92 Å². The number of nitrogens with zero attached hydrogens (tertiary/aromatic N) is 4. The van der Waals surface area contributed by atoms with E-state index in [0.29, 0.717) is 10.9 Å². The molecule has 3 rings (SSSR count). The third-order valence-electron chi connectivity index (χ3n) is 2.86. The molecule has 6 heteroatoms. The molecule has 0 amide bonds. The van der Waals surface area contributed by atoms with Crippen LogP contribution in [-0.4, -0.2) is 26.1 Å². The number of anilines is 1. The van der Waals surface area contributed by atoms with Crippen LogP contribution in [0.4, 0.5) is 5.82 Å². The summed E-state index contributed by atoms with van der Waals surface area (Å²) in [6, 6.07) is 0. The molecule has 1 aliphatic carbocycles. The number of hydrogen-bond donors (Lipinski definition) is 1. The molecule has 1 saturated carbocycles. The minimum Gasteiger partial charge on any atom is -0.369 e. The minimum atomic E-state index is 0.485. The average molecular weight is 238 g/mol. The van der Waals surface area contributed by atoms with Gasteiger partial charge in [-0.2, -0.15) is 19.6 Å². The van der Waals surface area contributed by atoms with Gasteiger partial charge in [0.25, 0.3) is 5.78 Å². The van der Waals surface area contributed by atoms with Crippen LogP contribution in [0.25, 0.3) is 5.78 Å². The molecule has 0 aliphatic heterocycles. The molecule has 16 heavy (non-hydrogen) atoms. The molecule has 5 nitrogen and oxygen atoms in total. The molecule has 1 aliphatic rings. The zero-order valence-electron chi connectivity index (χ0n) is 8.94. The van der Waals surface area contributed by atoms with Gasteiger partial charge in [-0.3, -0.25) is 0 Å². The quantitative estimate of drug-likeness (QED) is 0.829. The highest BCUT2D eigenvalue weighted by molar-refractivity contribution is 6.30. The standard InChI is InChI=1S/C10H12ClN5/c1-6-8(11)15-10-13-5-14-16(10)9(6)12-4-7-2-3-7/h5,7,12H,2-4H2,1H3. The molecular weight excluding hydrogens is 226 g/mol. The van der Waals surface area contributed by atoms with Gasteiger partial charge in [0.1, 0.15) is 17.3 Å². The Bertz CT molecular complexity index is 531. The summed E-state index contributed by atoms with van der Waals surface area (Å²) in [4.78, 5) is 8.19. The highest BCUT2D eigenvalue weighted by Gasteiger charge is 2.22. The van der Waals surface area contributed by atoms with Crippen LogP contribution < -0.4 is 5.32 Å². The first kappa shape index (κ1) is 9.84. The highest BCUT2D eigenvalue weighted by atomic mass is 35.5. The van der Waals surface area contributed by atoms with Crippen LogP contribution in [0.2, 0.25) is 5.15 Å². The number of hydrogen-bond acceptors (Lipinski definition) is 4. The van der Waals surface area contributed by atoms with Gasteiger partial charge in [0, 0.05) is 12.1 Å². The zero-order chi connectivity index (χ0) is 11.1. The van der Waals surface area contributed by atoms with E-state index in [4.69, 9.17) is 11.6 Å². The molecule has 0 bridgehead atoms. The van der Waals surface area contributed by atoms with Crippen molar-refractivity contribution in [2.45, 2.75) is 19.8 Å². The highest BCUT2D eigenvalue weighted by Crippen LogP contribution is 2.30. The van der Waals surface area contributed by atoms with Crippen molar-refractivity contribution >= 4 is 23.2 Å². The zero-order valence-corrected chi connectivity index (χ0v) is 9.70. The molecule has 2 heterocycles. The summed E-state index contributed by atoms with van der Waals surface area (Å²) in [6.07, 6.45) is 4.11. The molecule has 1 fully saturated rings. The summed E-state index contributed by atoms with van der Waals surface area (Å²) in [5.41, 5.74) is 0.917. The smallest absolute Gasteiger partial charge is 0.255 e. The van der Waals surface area contributed by atoms with Crippen molar-refractivity contribution < 1.29 is 0 Å². The number of halogens is 1. The molecule has 0 unspecified atom stereocenters. The second-order valence-electron chi connectivity index (χ2n) is 4.17. The van der Waals surface area contributed by atoms with E-state index in [0.717, 1.165) is 23.8 Å². The molecule has 84 valence electrons. The van der Waals surface area contributed by atoms with Crippen LogP contribution >= 0.6 is 11.6 Å². The Morgan fingerprint density at radius 3 is 3.12 bits per heavy atom. The topological polar surface area (TPSA) is 55.1 Å². The fourth-order valence-corrected chi connectivity index (χ4v) is 1.83. The van der Waals surface area contributed by atoms with Gasteiger partial charge in [0.2, 0.25) is 0 Å². The van der Waals surface area contributed by atoms with Crippen LogP contribution in [0.3, 0.4) is 0 Å². The van der Waals surface area contributed by atoms with Crippen LogP contribution in [0, 0.1) is 12.8 Å². The van der Waals surface area contributed by atoms with E-state index >= 15 is 0 Å². The second-order valence-corrected chi connectivity index (χ2v) is 4.53. The first-order valence-corrected chi connectivity index (χ1v) is 5.73. The lowest BCUT2D eigenvalue weighted by Gasteiger charge is -2.10. The van der Waals surface area contributed by atoms with Gasteiger partial charge in [-0.05, 0) is 25.7 Å². The van der Waals surface area contributed by atoms with Gasteiger partial charge < -0.3 is 5.32 Å². The average Bonchev–Trinajstić information content (AvgIpc) is 2.98. The largest absolute Gasteiger partial charge is 0.369 e. The molecule has 0 radical (unpaired) electrons. The Labute approximate surface area is 97.8 Å². The minimum absolute atomic E-state index is 0.485. The normalized spacial score (nSPS) is 15.6. The van der Waals surface area contributed by atoms with Crippen molar-refractivity contribution in [2.24, 2.45) is 5.92 Å². The molecular formula is C10H12ClN5. The molecule has 0 aromatic carbocycles. The fraction of sp³-hybridized carbons (Fsp3) is 0.500. The van der Waals surface area contributed by atoms with Crippen LogP contribution in [-0.2, 0) is 0 Å². The van der Waals surface area contributed by atoms with Gasteiger partial charge in [-0.25, -0.2) is 0 Å². The Kier molecular flexibility index (Phi) is 2.21. The summed E-state index contributed by atoms with van der Waals surface area (Å²) < 4.78 is 1.70. The third kappa shape index (κ3) is 1.61.